The van der Waals surface area contributed by atoms with Crippen molar-refractivity contribution in [2.24, 2.45) is 0 Å². The van der Waals surface area contributed by atoms with Crippen LogP contribution in [0.15, 0.2) is 24.4 Å². The highest BCUT2D eigenvalue weighted by Gasteiger charge is 2.11. The maximum atomic E-state index is 11.2. The van der Waals surface area contributed by atoms with Crippen molar-refractivity contribution < 1.29 is 8.42 Å². The van der Waals surface area contributed by atoms with Crippen molar-refractivity contribution in [1.29, 1.82) is 0 Å². The van der Waals surface area contributed by atoms with Gasteiger partial charge in [0.25, 0.3) is 0 Å². The molecule has 1 heterocycles. The number of rotatable bonds is 4. The van der Waals surface area contributed by atoms with Gasteiger partial charge in [0, 0.05) is 18.0 Å². The van der Waals surface area contributed by atoms with Gasteiger partial charge in [-0.3, -0.25) is 4.68 Å². The molecule has 0 aliphatic heterocycles. The summed E-state index contributed by atoms with van der Waals surface area (Å²) in [6.45, 7) is 4.36. The van der Waals surface area contributed by atoms with Crippen LogP contribution in [-0.4, -0.2) is 30.2 Å². The molecule has 0 spiro atoms. The summed E-state index contributed by atoms with van der Waals surface area (Å²) in [4.78, 5) is 0. The van der Waals surface area contributed by atoms with E-state index in [1.807, 2.05) is 26.0 Å². The Hall–Kier alpha value is -1.82. The molecule has 1 aromatic heterocycles. The van der Waals surface area contributed by atoms with E-state index < -0.39 is 9.84 Å². The Morgan fingerprint density at radius 3 is 2.35 bits per heavy atom. The molecular formula is C14H19N3O2S. The summed E-state index contributed by atoms with van der Waals surface area (Å²) in [7, 11) is -3.01. The number of nitrogens with zero attached hydrogens (tertiary/aromatic N) is 2. The quantitative estimate of drug-likeness (QED) is 0.932. The van der Waals surface area contributed by atoms with Crippen LogP contribution in [0.25, 0.3) is 11.3 Å². The predicted octanol–water partition coefficient (Wildman–Crippen LogP) is 1.79. The minimum Gasteiger partial charge on any atom is -0.396 e. The summed E-state index contributed by atoms with van der Waals surface area (Å²) in [6.07, 6.45) is 2.89. The highest BCUT2D eigenvalue weighted by atomic mass is 32.2. The molecule has 0 fully saturated rings. The summed E-state index contributed by atoms with van der Waals surface area (Å²) in [5, 5.41) is 4.39. The molecule has 2 rings (SSSR count). The Kier molecular flexibility index (Phi) is 3.85. The molecule has 2 N–H and O–H groups in total. The van der Waals surface area contributed by atoms with E-state index in [1.165, 1.54) is 6.26 Å². The van der Waals surface area contributed by atoms with E-state index in [9.17, 15) is 8.42 Å². The highest BCUT2D eigenvalue weighted by molar-refractivity contribution is 7.90. The fourth-order valence-corrected chi connectivity index (χ4v) is 2.67. The number of aryl methyl sites for hydroxylation is 3. The summed E-state index contributed by atoms with van der Waals surface area (Å²) in [5.74, 6) is 0.0560. The van der Waals surface area contributed by atoms with Gasteiger partial charge in [-0.2, -0.15) is 5.10 Å². The third-order valence-corrected chi connectivity index (χ3v) is 3.90. The lowest BCUT2D eigenvalue weighted by Gasteiger charge is -2.03. The molecule has 0 unspecified atom stereocenters. The summed E-state index contributed by atoms with van der Waals surface area (Å²) >= 11 is 0. The van der Waals surface area contributed by atoms with E-state index in [0.717, 1.165) is 16.7 Å². The molecule has 6 heteroatoms. The fraction of sp³-hybridized carbons (Fsp3) is 0.357. The fourth-order valence-electron chi connectivity index (χ4n) is 2.15. The number of benzene rings is 1. The Morgan fingerprint density at radius 1 is 1.20 bits per heavy atom. The summed E-state index contributed by atoms with van der Waals surface area (Å²) < 4.78 is 24.0. The second kappa shape index (κ2) is 5.28. The van der Waals surface area contributed by atoms with Gasteiger partial charge in [-0.25, -0.2) is 8.42 Å². The van der Waals surface area contributed by atoms with E-state index in [1.54, 1.807) is 10.9 Å². The molecule has 0 atom stereocenters. The minimum atomic E-state index is -3.01. The van der Waals surface area contributed by atoms with Crippen LogP contribution in [0.2, 0.25) is 0 Å². The Balaban J connectivity index is 2.31. The second-order valence-corrected chi connectivity index (χ2v) is 7.46. The molecule has 0 bridgehead atoms. The summed E-state index contributed by atoms with van der Waals surface area (Å²) in [6, 6.07) is 6.12. The van der Waals surface area contributed by atoms with E-state index >= 15 is 0 Å². The first-order valence-corrected chi connectivity index (χ1v) is 8.40. The van der Waals surface area contributed by atoms with E-state index in [4.69, 9.17) is 5.73 Å². The van der Waals surface area contributed by atoms with Gasteiger partial charge in [-0.05, 0) is 26.0 Å². The van der Waals surface area contributed by atoms with Crippen molar-refractivity contribution in [2.75, 3.05) is 17.7 Å². The number of hydrogen-bond acceptors (Lipinski definition) is 4. The van der Waals surface area contributed by atoms with Crippen LogP contribution in [0.3, 0.4) is 0 Å². The van der Waals surface area contributed by atoms with Gasteiger partial charge in [0.2, 0.25) is 0 Å². The number of aromatic nitrogens is 2. The molecule has 5 nitrogen and oxygen atoms in total. The molecule has 1 aromatic carbocycles. The lowest BCUT2D eigenvalue weighted by Crippen LogP contribution is -2.11. The van der Waals surface area contributed by atoms with Crippen molar-refractivity contribution >= 4 is 15.5 Å². The molecule has 0 saturated heterocycles. The van der Waals surface area contributed by atoms with Crippen LogP contribution < -0.4 is 5.73 Å². The number of hydrogen-bond donors (Lipinski definition) is 1. The van der Waals surface area contributed by atoms with Gasteiger partial charge in [0.1, 0.15) is 15.5 Å². The first-order chi connectivity index (χ1) is 9.24. The van der Waals surface area contributed by atoms with E-state index in [0.29, 0.717) is 17.9 Å². The molecule has 0 saturated carbocycles. The third kappa shape index (κ3) is 3.60. The molecule has 0 radical (unpaired) electrons. The monoisotopic (exact) mass is 293 g/mol. The highest BCUT2D eigenvalue weighted by Crippen LogP contribution is 2.26. The van der Waals surface area contributed by atoms with Crippen LogP contribution in [-0.2, 0) is 16.4 Å². The zero-order chi connectivity index (χ0) is 14.9. The smallest absolute Gasteiger partial charge is 0.149 e. The summed E-state index contributed by atoms with van der Waals surface area (Å²) in [5.41, 5.74) is 10.5. The van der Waals surface area contributed by atoms with Crippen molar-refractivity contribution in [3.63, 3.8) is 0 Å². The molecule has 0 aliphatic carbocycles. The van der Waals surface area contributed by atoms with Crippen molar-refractivity contribution in [3.8, 4) is 11.3 Å². The molecule has 20 heavy (non-hydrogen) atoms. The van der Waals surface area contributed by atoms with Gasteiger partial charge >= 0.3 is 0 Å². The average molecular weight is 293 g/mol. The van der Waals surface area contributed by atoms with Crippen molar-refractivity contribution in [1.82, 2.24) is 9.78 Å². The average Bonchev–Trinajstić information content (AvgIpc) is 2.66. The van der Waals surface area contributed by atoms with Gasteiger partial charge in [0.15, 0.2) is 0 Å². The van der Waals surface area contributed by atoms with Gasteiger partial charge < -0.3 is 5.73 Å². The topological polar surface area (TPSA) is 78.0 Å². The number of sulfone groups is 1. The van der Waals surface area contributed by atoms with Crippen molar-refractivity contribution in [2.45, 2.75) is 20.4 Å². The first-order valence-electron chi connectivity index (χ1n) is 6.34. The zero-order valence-corrected chi connectivity index (χ0v) is 12.7. The number of anilines is 1. The minimum absolute atomic E-state index is 0.0560. The van der Waals surface area contributed by atoms with E-state index in [-0.39, 0.29) is 5.75 Å². The maximum absolute atomic E-state index is 11.2. The SMILES string of the molecule is Cc1cc(C)cc(-c2nn(CCS(C)(=O)=O)cc2N)c1. The van der Waals surface area contributed by atoms with Gasteiger partial charge in [-0.15, -0.1) is 0 Å². The van der Waals surface area contributed by atoms with Crippen LogP contribution in [0.5, 0.6) is 0 Å². The Morgan fingerprint density at radius 2 is 1.80 bits per heavy atom. The van der Waals surface area contributed by atoms with Crippen LogP contribution in [0.4, 0.5) is 5.69 Å². The Labute approximate surface area is 119 Å². The predicted molar refractivity (Wildman–Crippen MR) is 81.3 cm³/mol. The lowest BCUT2D eigenvalue weighted by molar-refractivity contribution is 0.586. The van der Waals surface area contributed by atoms with Crippen molar-refractivity contribution in [3.05, 3.63) is 35.5 Å². The maximum Gasteiger partial charge on any atom is 0.149 e. The van der Waals surface area contributed by atoms with Gasteiger partial charge in [-0.1, -0.05) is 17.2 Å². The largest absolute Gasteiger partial charge is 0.396 e. The van der Waals surface area contributed by atoms with Gasteiger partial charge in [0.05, 0.1) is 18.0 Å². The lowest BCUT2D eigenvalue weighted by atomic mass is 10.0. The third-order valence-electron chi connectivity index (χ3n) is 2.98. The molecule has 0 amide bonds. The van der Waals surface area contributed by atoms with Crippen LogP contribution in [0, 0.1) is 13.8 Å². The standard InChI is InChI=1S/C14H19N3O2S/c1-10-6-11(2)8-12(7-10)14-13(15)9-17(16-14)4-5-20(3,18)19/h6-9H,4-5,15H2,1-3H3. The van der Waals surface area contributed by atoms with E-state index in [2.05, 4.69) is 11.2 Å². The molecule has 0 aliphatic rings. The second-order valence-electron chi connectivity index (χ2n) is 5.20. The van der Waals surface area contributed by atoms with Crippen LogP contribution >= 0.6 is 0 Å². The zero-order valence-electron chi connectivity index (χ0n) is 11.9. The molecular weight excluding hydrogens is 274 g/mol. The first kappa shape index (κ1) is 14.6. The number of nitrogen functional groups attached to an aromatic ring is 1. The number of nitrogens with two attached hydrogens (primary N) is 1. The Bertz CT molecular complexity index is 713. The normalized spacial score (nSPS) is 11.8. The van der Waals surface area contributed by atoms with Crippen LogP contribution in [0.1, 0.15) is 11.1 Å². The molecule has 2 aromatic rings. The molecule has 108 valence electrons.